The second-order valence-corrected chi connectivity index (χ2v) is 33.4. The van der Waals surface area contributed by atoms with Crippen molar-refractivity contribution in [2.75, 3.05) is 59.8 Å². The number of fused-ring (bicyclic) bond motifs is 2. The van der Waals surface area contributed by atoms with Gasteiger partial charge in [-0.2, -0.15) is 13.5 Å². The zero-order chi connectivity index (χ0) is 72.7. The number of urea groups is 1. The standard InChI is InChI=1S/C71H92N12O15S3/c1-7-100(92,93)33-12-8-9-20-58(84)79-59(45(2)3)63(87)76-55(18-14-28-73-65(72)90)62(86)75-49-23-21-47(22-24-49)37-97-67(91)81(31-34-101(94,95)96)30-32-98-71-41-68(5)38-69(6,42-71)40-70(39-68,43-71)44-83-46(4)52(35-74-83)50-25-26-57(78-60(50)64(88)89)82-29-27-48-15-13-16-51(53(48)36-82)61(85)80-66-77-54-17-10-11-19-56(54)99-66/h7,10-11,13,15-17,19,21-26,35,45,55,59,63,76,87H,1,8-9,12,14,18,20,27-34,36-44H2,2-6H3,(H,75,86)(H,79,84)(H,88,89)(H3,72,73,90)(H,77,80,85)(H,94,95,96)/t55-,59-,63?,68?,69?,70?,71?/m0/s1. The van der Waals surface area contributed by atoms with E-state index in [0.29, 0.717) is 90.6 Å². The molecule has 30 heteroatoms. The maximum absolute atomic E-state index is 13.9. The lowest BCUT2D eigenvalue weighted by Gasteiger charge is -2.69. The lowest BCUT2D eigenvalue weighted by Crippen LogP contribution is -2.64. The molecule has 27 nitrogen and oxygen atoms in total. The third kappa shape index (κ3) is 19.2. The second kappa shape index (κ2) is 31.5. The van der Waals surface area contributed by atoms with E-state index in [-0.39, 0.29) is 97.5 Å². The van der Waals surface area contributed by atoms with Crippen molar-refractivity contribution >= 4 is 94.0 Å². The van der Waals surface area contributed by atoms with Gasteiger partial charge >= 0.3 is 18.1 Å². The van der Waals surface area contributed by atoms with E-state index in [1.807, 2.05) is 59.0 Å². The number of hydrogen-bond donors (Lipinski definition) is 9. The number of nitrogens with zero attached hydrogens (tertiary/aromatic N) is 6. The Hall–Kier alpha value is -8.39. The summed E-state index contributed by atoms with van der Waals surface area (Å²) in [6.45, 7) is 14.3. The van der Waals surface area contributed by atoms with Crippen molar-refractivity contribution in [2.45, 2.75) is 162 Å². The maximum Gasteiger partial charge on any atom is 0.410 e. The smallest absolute Gasteiger partial charge is 0.410 e. The van der Waals surface area contributed by atoms with Gasteiger partial charge in [-0.15, -0.1) is 0 Å². The number of thiazole rings is 1. The monoisotopic (exact) mass is 1450 g/mol. The summed E-state index contributed by atoms with van der Waals surface area (Å²) in [6.07, 6.45) is 6.81. The summed E-state index contributed by atoms with van der Waals surface area (Å²) < 4.78 is 73.2. The van der Waals surface area contributed by atoms with Gasteiger partial charge in [-0.25, -0.2) is 32.8 Å². The molecule has 6 aromatic rings. The number of carboxylic acid groups (broad SMARTS) is 1. The van der Waals surface area contributed by atoms with E-state index in [9.17, 15) is 60.4 Å². The number of ether oxygens (including phenoxy) is 2. The Labute approximate surface area is 592 Å². The molecule has 3 aromatic heterocycles. The van der Waals surface area contributed by atoms with Gasteiger partial charge in [0.15, 0.2) is 20.7 Å². The van der Waals surface area contributed by atoms with Crippen LogP contribution in [0.5, 0.6) is 0 Å². The minimum Gasteiger partial charge on any atom is -0.476 e. The molecule has 6 amide bonds. The minimum absolute atomic E-state index is 0.0319. The molecule has 4 fully saturated rings. The van der Waals surface area contributed by atoms with Crippen LogP contribution >= 0.6 is 11.3 Å². The van der Waals surface area contributed by atoms with Crippen LogP contribution in [0.4, 0.5) is 26.2 Å². The molecule has 10 N–H and O–H groups in total. The Morgan fingerprint density at radius 2 is 1.59 bits per heavy atom. The number of nitrogens with two attached hydrogens (primary N) is 1. The number of carbonyl (C=O) groups excluding carboxylic acids is 5. The summed E-state index contributed by atoms with van der Waals surface area (Å²) in [4.78, 5) is 91.7. The number of benzene rings is 3. The number of unbranched alkanes of at least 4 members (excludes halogenated alkanes) is 2. The molecular weight excluding hydrogens is 1360 g/mol. The summed E-state index contributed by atoms with van der Waals surface area (Å²) in [7, 11) is -7.86. The molecule has 0 saturated heterocycles. The summed E-state index contributed by atoms with van der Waals surface area (Å²) in [6, 6.07) is 20.7. The van der Waals surface area contributed by atoms with Crippen LogP contribution in [0.15, 0.2) is 97.0 Å². The van der Waals surface area contributed by atoms with Crippen molar-refractivity contribution in [3.63, 3.8) is 0 Å². The number of rotatable bonds is 34. The Morgan fingerprint density at radius 3 is 2.29 bits per heavy atom. The molecule has 4 heterocycles. The lowest BCUT2D eigenvalue weighted by molar-refractivity contribution is -0.248. The Morgan fingerprint density at radius 1 is 0.851 bits per heavy atom. The third-order valence-electron chi connectivity index (χ3n) is 19.8. The molecule has 101 heavy (non-hydrogen) atoms. The normalized spacial score (nSPS) is 20.9. The Balaban J connectivity index is 0.756. The van der Waals surface area contributed by atoms with Crippen molar-refractivity contribution in [1.82, 2.24) is 40.6 Å². The first kappa shape index (κ1) is 75.3. The van der Waals surface area contributed by atoms with Crippen LogP contribution < -0.4 is 37.2 Å². The molecule has 4 bridgehead atoms. The molecule has 4 saturated carbocycles. The first-order valence-electron chi connectivity index (χ1n) is 34.2. The molecule has 544 valence electrons. The van der Waals surface area contributed by atoms with Gasteiger partial charge in [0.25, 0.3) is 16.0 Å². The van der Waals surface area contributed by atoms with Crippen LogP contribution in [0.3, 0.4) is 0 Å². The van der Waals surface area contributed by atoms with Crippen molar-refractivity contribution in [2.24, 2.45) is 27.9 Å². The fourth-order valence-corrected chi connectivity index (χ4v) is 18.4. The van der Waals surface area contributed by atoms with Crippen LogP contribution in [0.1, 0.15) is 148 Å². The molecule has 1 aliphatic heterocycles. The molecule has 0 radical (unpaired) electrons. The number of carbonyl (C=O) groups is 6. The SMILES string of the molecule is C=CS(=O)(=O)CCCCCC(=O)N[C@@H](C(C)C)C(O)N[C@@H](CCCNC(N)=O)C(=O)Nc1ccc(COC(=O)N(CCOC23CC4(C)CC(C)(CC(Cn5ncc(-c6ccc(N7CCc8cccc(C(=O)Nc9nc%10ccccc%10s9)c8C7)nc6C(=O)O)c5C)(C4)C2)C3)CCS(=O)(=O)O)cc1. The van der Waals surface area contributed by atoms with Gasteiger partial charge in [-0.3, -0.25) is 34.3 Å². The first-order valence-corrected chi connectivity index (χ1v) is 38.3. The predicted molar refractivity (Wildman–Crippen MR) is 383 cm³/mol. The highest BCUT2D eigenvalue weighted by Crippen LogP contribution is 2.72. The highest BCUT2D eigenvalue weighted by Gasteiger charge is 2.66. The van der Waals surface area contributed by atoms with E-state index in [1.54, 1.807) is 56.4 Å². The van der Waals surface area contributed by atoms with Crippen molar-refractivity contribution in [3.05, 3.63) is 131 Å². The number of hydrogen-bond acceptors (Lipinski definition) is 19. The van der Waals surface area contributed by atoms with E-state index in [1.165, 1.54) is 16.2 Å². The number of sulfone groups is 1. The number of aromatic nitrogens is 4. The van der Waals surface area contributed by atoms with Crippen LogP contribution in [-0.2, 0) is 65.1 Å². The number of pyridine rings is 1. The average Bonchev–Trinajstić information content (AvgIpc) is 0.910. The van der Waals surface area contributed by atoms with E-state index in [2.05, 4.69) is 52.0 Å². The molecule has 5 aliphatic rings. The molecule has 11 rings (SSSR count). The fraction of sp³-hybridized carbons (Fsp3) is 0.507. The largest absolute Gasteiger partial charge is 0.476 e. The summed E-state index contributed by atoms with van der Waals surface area (Å²) in [5.41, 5.74) is 9.88. The lowest BCUT2D eigenvalue weighted by atomic mass is 9.39. The van der Waals surface area contributed by atoms with Gasteiger partial charge in [0.2, 0.25) is 11.8 Å². The van der Waals surface area contributed by atoms with Crippen LogP contribution in [0.2, 0.25) is 0 Å². The maximum atomic E-state index is 13.9. The Kier molecular flexibility index (Phi) is 23.5. The number of nitrogens with one attached hydrogen (secondary N) is 5. The zero-order valence-corrected chi connectivity index (χ0v) is 60.1. The number of aliphatic hydroxyl groups excluding tert-OH is 1. The Bertz CT molecular complexity index is 4250. The van der Waals surface area contributed by atoms with Gasteiger partial charge in [0.05, 0.1) is 52.2 Å². The first-order chi connectivity index (χ1) is 47.8. The van der Waals surface area contributed by atoms with Gasteiger partial charge in [0.1, 0.15) is 18.7 Å². The topological polar surface area (TPSA) is 386 Å². The van der Waals surface area contributed by atoms with E-state index in [0.717, 1.165) is 64.5 Å². The highest BCUT2D eigenvalue weighted by atomic mass is 32.2. The number of para-hydroxylation sites is 1. The van der Waals surface area contributed by atoms with E-state index >= 15 is 0 Å². The summed E-state index contributed by atoms with van der Waals surface area (Å²) in [5, 5.41) is 42.5. The number of carboxylic acids is 1. The second-order valence-electron chi connectivity index (χ2n) is 28.7. The van der Waals surface area contributed by atoms with Crippen LogP contribution in [0.25, 0.3) is 21.3 Å². The molecule has 3 aromatic carbocycles. The van der Waals surface area contributed by atoms with Gasteiger partial charge in [-0.1, -0.05) is 88.4 Å². The van der Waals surface area contributed by atoms with E-state index < -0.39 is 73.6 Å². The van der Waals surface area contributed by atoms with Crippen LogP contribution in [0, 0.1) is 29.1 Å². The van der Waals surface area contributed by atoms with Crippen molar-refractivity contribution < 1.29 is 69.8 Å². The minimum atomic E-state index is -4.51. The quantitative estimate of drug-likeness (QED) is 0.0103. The predicted octanol–water partition coefficient (Wildman–Crippen LogP) is 8.96. The molecular formula is C71H92N12O15S3. The highest BCUT2D eigenvalue weighted by molar-refractivity contribution is 7.94. The van der Waals surface area contributed by atoms with Crippen molar-refractivity contribution in [1.29, 1.82) is 0 Å². The summed E-state index contributed by atoms with van der Waals surface area (Å²) >= 11 is 1.40. The average molecular weight is 1450 g/mol. The number of amides is 6. The molecule has 5 atom stereocenters. The molecule has 0 spiro atoms. The number of anilines is 3. The summed E-state index contributed by atoms with van der Waals surface area (Å²) in [5.74, 6) is -3.03. The molecule has 4 aliphatic carbocycles. The zero-order valence-electron chi connectivity index (χ0n) is 57.7. The van der Waals surface area contributed by atoms with Gasteiger partial charge in [-0.05, 0) is 159 Å². The van der Waals surface area contributed by atoms with Crippen molar-refractivity contribution in [3.8, 4) is 11.1 Å². The van der Waals surface area contributed by atoms with Gasteiger partial charge < -0.3 is 51.2 Å². The number of aromatic carboxylic acids is 1. The fourth-order valence-electron chi connectivity index (χ4n) is 16.3. The number of primary amides is 1. The molecule has 3 unspecified atom stereocenters. The van der Waals surface area contributed by atoms with Crippen LogP contribution in [-0.4, -0.2) is 160 Å². The van der Waals surface area contributed by atoms with Gasteiger partial charge in [0, 0.05) is 79.2 Å². The third-order valence-corrected chi connectivity index (χ3v) is 22.8. The number of aliphatic hydroxyl groups is 1. The van der Waals surface area contributed by atoms with E-state index in [4.69, 9.17) is 25.3 Å².